The van der Waals surface area contributed by atoms with Crippen LogP contribution in [0.4, 0.5) is 4.39 Å². The summed E-state index contributed by atoms with van der Waals surface area (Å²) in [5, 5.41) is 2.82. The molecule has 5 heteroatoms. The van der Waals surface area contributed by atoms with Gasteiger partial charge in [0.1, 0.15) is 17.3 Å². The maximum Gasteiger partial charge on any atom is 0.217 e. The molecule has 0 saturated heterocycles. The standard InChI is InChI=1S/C17H18FNO3/c1-11(20)19-17(12-5-4-6-14(9-12)21-2)15-10-13(18)7-8-16(15)22-3/h4-10,17H,1-3H3,(H,19,20)/t17-/m0/s1. The van der Waals surface area contributed by atoms with Crippen molar-refractivity contribution in [2.45, 2.75) is 13.0 Å². The van der Waals surface area contributed by atoms with Crippen molar-refractivity contribution in [3.05, 3.63) is 59.4 Å². The van der Waals surface area contributed by atoms with Gasteiger partial charge in [-0.15, -0.1) is 0 Å². The highest BCUT2D eigenvalue weighted by molar-refractivity contribution is 5.74. The number of halogens is 1. The Bertz CT molecular complexity index is 673. The Kier molecular flexibility index (Phi) is 4.99. The van der Waals surface area contributed by atoms with Crippen LogP contribution in [0.2, 0.25) is 0 Å². The lowest BCUT2D eigenvalue weighted by Gasteiger charge is -2.21. The molecule has 0 aromatic heterocycles. The minimum Gasteiger partial charge on any atom is -0.497 e. The van der Waals surface area contributed by atoms with E-state index < -0.39 is 11.9 Å². The molecule has 0 spiro atoms. The molecule has 2 aromatic rings. The molecular formula is C17H18FNO3. The summed E-state index contributed by atoms with van der Waals surface area (Å²) in [6, 6.07) is 10.9. The highest BCUT2D eigenvalue weighted by Crippen LogP contribution is 2.32. The average molecular weight is 303 g/mol. The Morgan fingerprint density at radius 1 is 1.14 bits per heavy atom. The lowest BCUT2D eigenvalue weighted by molar-refractivity contribution is -0.119. The van der Waals surface area contributed by atoms with Crippen LogP contribution in [-0.4, -0.2) is 20.1 Å². The lowest BCUT2D eigenvalue weighted by atomic mass is 9.97. The summed E-state index contributed by atoms with van der Waals surface area (Å²) in [5.74, 6) is 0.541. The Morgan fingerprint density at radius 2 is 1.91 bits per heavy atom. The topological polar surface area (TPSA) is 47.6 Å². The number of ether oxygens (including phenoxy) is 2. The Balaban J connectivity index is 2.54. The van der Waals surface area contributed by atoms with Gasteiger partial charge in [0, 0.05) is 12.5 Å². The van der Waals surface area contributed by atoms with Gasteiger partial charge in [-0.05, 0) is 35.9 Å². The molecule has 2 rings (SSSR count). The minimum atomic E-state index is -0.529. The molecule has 0 saturated carbocycles. The zero-order valence-corrected chi connectivity index (χ0v) is 12.7. The van der Waals surface area contributed by atoms with E-state index in [1.165, 1.54) is 26.2 Å². The second-order valence-corrected chi connectivity index (χ2v) is 4.80. The Morgan fingerprint density at radius 3 is 2.55 bits per heavy atom. The molecule has 2 aromatic carbocycles. The number of hydrogen-bond acceptors (Lipinski definition) is 3. The van der Waals surface area contributed by atoms with E-state index in [2.05, 4.69) is 5.32 Å². The van der Waals surface area contributed by atoms with Crippen LogP contribution in [0.1, 0.15) is 24.1 Å². The van der Waals surface area contributed by atoms with Crippen molar-refractivity contribution in [2.24, 2.45) is 0 Å². The molecule has 0 heterocycles. The van der Waals surface area contributed by atoms with Crippen LogP contribution in [0.5, 0.6) is 11.5 Å². The summed E-state index contributed by atoms with van der Waals surface area (Å²) in [6.07, 6.45) is 0. The van der Waals surface area contributed by atoms with Crippen molar-refractivity contribution in [3.8, 4) is 11.5 Å². The van der Waals surface area contributed by atoms with Gasteiger partial charge in [-0.1, -0.05) is 12.1 Å². The first kappa shape index (κ1) is 15.8. The summed E-state index contributed by atoms with van der Waals surface area (Å²) in [7, 11) is 3.07. The van der Waals surface area contributed by atoms with Crippen molar-refractivity contribution < 1.29 is 18.7 Å². The molecule has 0 bridgehead atoms. The third-order valence-electron chi connectivity index (χ3n) is 3.28. The second kappa shape index (κ2) is 6.93. The third kappa shape index (κ3) is 3.55. The summed E-state index contributed by atoms with van der Waals surface area (Å²) in [5.41, 5.74) is 1.32. The van der Waals surface area contributed by atoms with Crippen molar-refractivity contribution in [3.63, 3.8) is 0 Å². The lowest BCUT2D eigenvalue weighted by Crippen LogP contribution is -2.27. The van der Waals surface area contributed by atoms with Gasteiger partial charge in [-0.2, -0.15) is 0 Å². The van der Waals surface area contributed by atoms with E-state index in [0.717, 1.165) is 5.56 Å². The van der Waals surface area contributed by atoms with Crippen molar-refractivity contribution in [1.29, 1.82) is 0 Å². The number of carbonyl (C=O) groups excluding carboxylic acids is 1. The summed E-state index contributed by atoms with van der Waals surface area (Å²) < 4.78 is 24.1. The summed E-state index contributed by atoms with van der Waals surface area (Å²) in [6.45, 7) is 1.42. The molecule has 0 aliphatic carbocycles. The van der Waals surface area contributed by atoms with Gasteiger partial charge in [0.05, 0.1) is 20.3 Å². The molecule has 1 atom stereocenters. The van der Waals surface area contributed by atoms with Crippen molar-refractivity contribution >= 4 is 5.91 Å². The van der Waals surface area contributed by atoms with Crippen LogP contribution in [0.15, 0.2) is 42.5 Å². The number of nitrogens with one attached hydrogen (secondary N) is 1. The van der Waals surface area contributed by atoms with Crippen molar-refractivity contribution in [1.82, 2.24) is 5.32 Å². The maximum atomic E-state index is 13.6. The molecule has 0 fully saturated rings. The highest BCUT2D eigenvalue weighted by Gasteiger charge is 2.20. The molecule has 4 nitrogen and oxygen atoms in total. The number of hydrogen-bond donors (Lipinski definition) is 1. The van der Waals surface area contributed by atoms with E-state index >= 15 is 0 Å². The predicted molar refractivity (Wildman–Crippen MR) is 81.6 cm³/mol. The van der Waals surface area contributed by atoms with Gasteiger partial charge in [0.25, 0.3) is 0 Å². The zero-order chi connectivity index (χ0) is 16.1. The number of methoxy groups -OCH3 is 2. The molecule has 116 valence electrons. The fourth-order valence-electron chi connectivity index (χ4n) is 2.30. The Hall–Kier alpha value is -2.56. The van der Waals surface area contributed by atoms with E-state index in [1.54, 1.807) is 25.3 Å². The van der Waals surface area contributed by atoms with Crippen LogP contribution in [-0.2, 0) is 4.79 Å². The van der Waals surface area contributed by atoms with Gasteiger partial charge in [-0.3, -0.25) is 4.79 Å². The summed E-state index contributed by atoms with van der Waals surface area (Å²) in [4.78, 5) is 11.6. The molecule has 1 amide bonds. The first-order valence-electron chi connectivity index (χ1n) is 6.79. The maximum absolute atomic E-state index is 13.6. The van der Waals surface area contributed by atoms with Crippen LogP contribution in [0.3, 0.4) is 0 Å². The van der Waals surface area contributed by atoms with Gasteiger partial charge < -0.3 is 14.8 Å². The SMILES string of the molecule is COc1cccc([C@H](NC(C)=O)c2cc(F)ccc2OC)c1. The number of carbonyl (C=O) groups is 1. The zero-order valence-electron chi connectivity index (χ0n) is 12.7. The van der Waals surface area contributed by atoms with Gasteiger partial charge in [0.15, 0.2) is 0 Å². The fraction of sp³-hybridized carbons (Fsp3) is 0.235. The Labute approximate surface area is 128 Å². The molecular weight excluding hydrogens is 285 g/mol. The van der Waals surface area contributed by atoms with Gasteiger partial charge in [-0.25, -0.2) is 4.39 Å². The monoisotopic (exact) mass is 303 g/mol. The molecule has 22 heavy (non-hydrogen) atoms. The first-order valence-corrected chi connectivity index (χ1v) is 6.79. The molecule has 0 aliphatic rings. The van der Waals surface area contributed by atoms with Crippen LogP contribution >= 0.6 is 0 Å². The highest BCUT2D eigenvalue weighted by atomic mass is 19.1. The minimum absolute atomic E-state index is 0.223. The van der Waals surface area contributed by atoms with E-state index in [1.807, 2.05) is 12.1 Å². The number of rotatable bonds is 5. The normalized spacial score (nSPS) is 11.6. The quantitative estimate of drug-likeness (QED) is 0.923. The molecule has 0 aliphatic heterocycles. The van der Waals surface area contributed by atoms with E-state index in [9.17, 15) is 9.18 Å². The van der Waals surface area contributed by atoms with Gasteiger partial charge in [0.2, 0.25) is 5.91 Å². The predicted octanol–water partition coefficient (Wildman–Crippen LogP) is 3.07. The number of amides is 1. The second-order valence-electron chi connectivity index (χ2n) is 4.80. The smallest absolute Gasteiger partial charge is 0.217 e. The summed E-state index contributed by atoms with van der Waals surface area (Å²) >= 11 is 0. The third-order valence-corrected chi connectivity index (χ3v) is 3.28. The molecule has 1 N–H and O–H groups in total. The fourth-order valence-corrected chi connectivity index (χ4v) is 2.30. The van der Waals surface area contributed by atoms with Crippen LogP contribution < -0.4 is 14.8 Å². The van der Waals surface area contributed by atoms with Gasteiger partial charge >= 0.3 is 0 Å². The molecule has 0 radical (unpaired) electrons. The number of benzene rings is 2. The van der Waals surface area contributed by atoms with E-state index in [0.29, 0.717) is 17.1 Å². The molecule has 0 unspecified atom stereocenters. The van der Waals surface area contributed by atoms with Crippen molar-refractivity contribution in [2.75, 3.05) is 14.2 Å². The van der Waals surface area contributed by atoms with Crippen LogP contribution in [0, 0.1) is 5.82 Å². The largest absolute Gasteiger partial charge is 0.497 e. The van der Waals surface area contributed by atoms with E-state index in [4.69, 9.17) is 9.47 Å². The van der Waals surface area contributed by atoms with Crippen LogP contribution in [0.25, 0.3) is 0 Å². The first-order chi connectivity index (χ1) is 10.5. The van der Waals surface area contributed by atoms with E-state index in [-0.39, 0.29) is 5.91 Å². The average Bonchev–Trinajstić information content (AvgIpc) is 2.52.